The summed E-state index contributed by atoms with van der Waals surface area (Å²) in [4.78, 5) is 32.0. The highest BCUT2D eigenvalue weighted by Gasteiger charge is 2.31. The standard InChI is InChI=1S/C34H30IN3O7S/c1-5-43-26-12-11-20(14-27(26)44-6-2)30-25(33(40)42-4)18-37-34-38(30)32(39)29(46-34)15-23-13-24(35)16-28(41-3)31(23)45-19-22-10-8-7-9-21(22)17-36/h7-16,18,30H,5-6,19H2,1-4H3/b29-15+/t30-/m0/s1. The van der Waals surface area contributed by atoms with Gasteiger partial charge in [0.25, 0.3) is 5.56 Å². The lowest BCUT2D eigenvalue weighted by atomic mass is 9.97. The van der Waals surface area contributed by atoms with Crippen molar-refractivity contribution in [1.82, 2.24) is 4.57 Å². The van der Waals surface area contributed by atoms with Crippen molar-refractivity contribution >= 4 is 46.0 Å². The zero-order chi connectivity index (χ0) is 32.8. The highest BCUT2D eigenvalue weighted by molar-refractivity contribution is 14.1. The van der Waals surface area contributed by atoms with Crippen LogP contribution in [0.4, 0.5) is 0 Å². The molecule has 1 aliphatic heterocycles. The molecular weight excluding hydrogens is 721 g/mol. The molecule has 4 aromatic rings. The molecule has 0 saturated carbocycles. The Kier molecular flexibility index (Phi) is 10.4. The minimum absolute atomic E-state index is 0.116. The van der Waals surface area contributed by atoms with Gasteiger partial charge >= 0.3 is 5.97 Å². The molecule has 0 N–H and O–H groups in total. The monoisotopic (exact) mass is 751 g/mol. The minimum atomic E-state index is -0.829. The van der Waals surface area contributed by atoms with Gasteiger partial charge in [0, 0.05) is 20.9 Å². The number of hydrogen-bond acceptors (Lipinski definition) is 10. The number of hydrogen-bond donors (Lipinski definition) is 0. The van der Waals surface area contributed by atoms with Crippen molar-refractivity contribution in [3.63, 3.8) is 0 Å². The van der Waals surface area contributed by atoms with Gasteiger partial charge in [-0.15, -0.1) is 0 Å². The summed E-state index contributed by atoms with van der Waals surface area (Å²) in [5, 5.41) is 9.54. The van der Waals surface area contributed by atoms with Gasteiger partial charge in [0.2, 0.25) is 0 Å². The van der Waals surface area contributed by atoms with Crippen molar-refractivity contribution in [2.45, 2.75) is 26.5 Å². The molecule has 1 aromatic heterocycles. The number of methoxy groups -OCH3 is 2. The Morgan fingerprint density at radius 2 is 1.80 bits per heavy atom. The van der Waals surface area contributed by atoms with Crippen LogP contribution in [-0.2, 0) is 16.1 Å². The van der Waals surface area contributed by atoms with Gasteiger partial charge in [-0.3, -0.25) is 9.36 Å². The zero-order valence-electron chi connectivity index (χ0n) is 25.5. The van der Waals surface area contributed by atoms with Gasteiger partial charge in [0.05, 0.1) is 55.2 Å². The van der Waals surface area contributed by atoms with Crippen LogP contribution in [0.5, 0.6) is 23.0 Å². The third kappa shape index (κ3) is 6.66. The molecule has 0 unspecified atom stereocenters. The van der Waals surface area contributed by atoms with Crippen LogP contribution in [0.15, 0.2) is 76.2 Å². The predicted molar refractivity (Wildman–Crippen MR) is 181 cm³/mol. The van der Waals surface area contributed by atoms with Gasteiger partial charge in [0.1, 0.15) is 6.61 Å². The summed E-state index contributed by atoms with van der Waals surface area (Å²) in [7, 11) is 2.83. The first-order valence-electron chi connectivity index (χ1n) is 14.3. The van der Waals surface area contributed by atoms with Crippen LogP contribution in [0.25, 0.3) is 6.08 Å². The van der Waals surface area contributed by atoms with E-state index in [1.165, 1.54) is 29.2 Å². The lowest BCUT2D eigenvalue weighted by Gasteiger charge is -2.23. The van der Waals surface area contributed by atoms with Crippen LogP contribution in [0, 0.1) is 14.9 Å². The van der Waals surface area contributed by atoms with E-state index >= 15 is 0 Å². The molecule has 0 aliphatic carbocycles. The summed E-state index contributed by atoms with van der Waals surface area (Å²) in [5.41, 5.74) is 2.30. The summed E-state index contributed by atoms with van der Waals surface area (Å²) < 4.78 is 31.3. The second kappa shape index (κ2) is 14.7. The molecule has 0 amide bonds. The second-order valence-electron chi connectivity index (χ2n) is 9.83. The number of halogens is 1. The molecule has 0 fully saturated rings. The molecule has 2 heterocycles. The van der Waals surface area contributed by atoms with Crippen LogP contribution < -0.4 is 33.8 Å². The maximum Gasteiger partial charge on any atom is 0.337 e. The smallest absolute Gasteiger partial charge is 0.337 e. The van der Waals surface area contributed by atoms with E-state index in [4.69, 9.17) is 23.7 Å². The molecule has 12 heteroatoms. The molecular formula is C34H30IN3O7S. The Labute approximate surface area is 282 Å². The Morgan fingerprint density at radius 3 is 2.52 bits per heavy atom. The Hall–Kier alpha value is -4.61. The van der Waals surface area contributed by atoms with Crippen molar-refractivity contribution < 1.29 is 28.5 Å². The summed E-state index contributed by atoms with van der Waals surface area (Å²) in [6.07, 6.45) is 3.17. The lowest BCUT2D eigenvalue weighted by molar-refractivity contribution is -0.136. The molecule has 1 aliphatic rings. The first kappa shape index (κ1) is 32.8. The fraction of sp³-hybridized carbons (Fsp3) is 0.235. The van der Waals surface area contributed by atoms with Crippen LogP contribution in [-0.4, -0.2) is 38.0 Å². The van der Waals surface area contributed by atoms with E-state index in [1.54, 1.807) is 43.5 Å². The largest absolute Gasteiger partial charge is 0.493 e. The molecule has 3 aromatic carbocycles. The summed E-state index contributed by atoms with van der Waals surface area (Å²) in [6, 6.07) is 17.6. The van der Waals surface area contributed by atoms with Gasteiger partial charge in [-0.1, -0.05) is 35.6 Å². The molecule has 0 saturated heterocycles. The highest BCUT2D eigenvalue weighted by atomic mass is 127. The number of esters is 1. The Balaban J connectivity index is 1.65. The van der Waals surface area contributed by atoms with E-state index in [1.807, 2.05) is 38.1 Å². The molecule has 1 atom stereocenters. The average Bonchev–Trinajstić information content (AvgIpc) is 3.38. The van der Waals surface area contributed by atoms with E-state index in [0.717, 1.165) is 3.57 Å². The van der Waals surface area contributed by atoms with E-state index in [0.29, 0.717) is 67.8 Å². The number of benzene rings is 3. The van der Waals surface area contributed by atoms with Crippen LogP contribution in [0.3, 0.4) is 0 Å². The number of rotatable bonds is 11. The second-order valence-corrected chi connectivity index (χ2v) is 12.1. The minimum Gasteiger partial charge on any atom is -0.493 e. The Morgan fingerprint density at radius 1 is 1.04 bits per heavy atom. The number of carbonyl (C=O) groups is 1. The van der Waals surface area contributed by atoms with Crippen LogP contribution in [0.2, 0.25) is 0 Å². The van der Waals surface area contributed by atoms with Crippen molar-refractivity contribution in [2.24, 2.45) is 4.99 Å². The van der Waals surface area contributed by atoms with E-state index in [-0.39, 0.29) is 17.7 Å². The molecule has 0 spiro atoms. The fourth-order valence-electron chi connectivity index (χ4n) is 5.04. The van der Waals surface area contributed by atoms with Crippen molar-refractivity contribution in [1.29, 1.82) is 5.26 Å². The SMILES string of the molecule is CCOc1ccc([C@H]2C(C(=O)OC)=CN=c3s/c(=C/c4cc(I)cc(OC)c4OCc4ccccc4C#N)c(=O)n32)cc1OCC. The molecule has 46 heavy (non-hydrogen) atoms. The number of nitrogens with zero attached hydrogens (tertiary/aromatic N) is 3. The van der Waals surface area contributed by atoms with Gasteiger partial charge in [-0.2, -0.15) is 5.26 Å². The van der Waals surface area contributed by atoms with E-state index in [9.17, 15) is 14.9 Å². The van der Waals surface area contributed by atoms with Gasteiger partial charge in [-0.05, 0) is 78.4 Å². The number of nitriles is 1. The fourth-order valence-corrected chi connectivity index (χ4v) is 6.61. The third-order valence-corrected chi connectivity index (χ3v) is 8.69. The Bertz CT molecular complexity index is 2040. The molecule has 5 rings (SSSR count). The maximum atomic E-state index is 14.2. The van der Waals surface area contributed by atoms with Gasteiger partial charge < -0.3 is 23.7 Å². The topological polar surface area (TPSA) is 121 Å². The first-order valence-corrected chi connectivity index (χ1v) is 16.2. The summed E-state index contributed by atoms with van der Waals surface area (Å²) in [6.45, 7) is 4.71. The zero-order valence-corrected chi connectivity index (χ0v) is 28.5. The number of fused-ring (bicyclic) bond motifs is 1. The summed E-state index contributed by atoms with van der Waals surface area (Å²) >= 11 is 3.36. The van der Waals surface area contributed by atoms with Crippen molar-refractivity contribution in [3.05, 3.63) is 112 Å². The van der Waals surface area contributed by atoms with Gasteiger partial charge in [-0.25, -0.2) is 9.79 Å². The average molecular weight is 752 g/mol. The molecule has 0 bridgehead atoms. The summed E-state index contributed by atoms with van der Waals surface area (Å²) in [5.74, 6) is 1.34. The highest BCUT2D eigenvalue weighted by Crippen LogP contribution is 2.36. The van der Waals surface area contributed by atoms with Crippen LogP contribution in [0.1, 0.15) is 42.1 Å². The van der Waals surface area contributed by atoms with E-state index in [2.05, 4.69) is 33.7 Å². The third-order valence-electron chi connectivity index (χ3n) is 7.07. The maximum absolute atomic E-state index is 14.2. The number of carbonyl (C=O) groups excluding carboxylic acids is 1. The van der Waals surface area contributed by atoms with Crippen LogP contribution >= 0.6 is 33.9 Å². The molecule has 236 valence electrons. The number of thiazole rings is 1. The van der Waals surface area contributed by atoms with E-state index < -0.39 is 12.0 Å². The number of ether oxygens (including phenoxy) is 5. The molecule has 10 nitrogen and oxygen atoms in total. The van der Waals surface area contributed by atoms with Gasteiger partial charge in [0.15, 0.2) is 27.8 Å². The molecule has 0 radical (unpaired) electrons. The van der Waals surface area contributed by atoms with Crippen molar-refractivity contribution in [3.8, 4) is 29.1 Å². The first-order chi connectivity index (χ1) is 22.3. The normalized spacial score (nSPS) is 14.0. The predicted octanol–water partition coefficient (Wildman–Crippen LogP) is 4.88. The number of aromatic nitrogens is 1. The quantitative estimate of drug-likeness (QED) is 0.157. The van der Waals surface area contributed by atoms with Crippen molar-refractivity contribution in [2.75, 3.05) is 27.4 Å². The lowest BCUT2D eigenvalue weighted by Crippen LogP contribution is -2.39.